The van der Waals surface area contributed by atoms with Crippen LogP contribution in [0.2, 0.25) is 0 Å². The Morgan fingerprint density at radius 2 is 1.48 bits per heavy atom. The standard InChI is InChI=1S/C24H33N3O6/c1-13(2)11-16(19(28)26-18(20(29)25-6)24(3,4)5)17(23(32)33)12-27-21(30)14-9-7-8-10-15(14)22(27)31/h7-10,13,16-18H,11-12H2,1-6H3,(H,25,29)(H,26,28)(H,32,33). The van der Waals surface area contributed by atoms with Crippen molar-refractivity contribution in [1.29, 1.82) is 0 Å². The first-order chi connectivity index (χ1) is 15.3. The van der Waals surface area contributed by atoms with Crippen LogP contribution in [0.5, 0.6) is 0 Å². The highest BCUT2D eigenvalue weighted by Gasteiger charge is 2.43. The van der Waals surface area contributed by atoms with E-state index in [0.29, 0.717) is 0 Å². The second kappa shape index (κ2) is 10.1. The van der Waals surface area contributed by atoms with Gasteiger partial charge in [-0.25, -0.2) is 0 Å². The number of hydrogen-bond donors (Lipinski definition) is 3. The SMILES string of the molecule is CNC(=O)C(NC(=O)C(CC(C)C)C(CN1C(=O)c2ccccc2C1=O)C(=O)O)C(C)(C)C. The van der Waals surface area contributed by atoms with Crippen LogP contribution >= 0.6 is 0 Å². The minimum absolute atomic E-state index is 0.0436. The number of benzene rings is 1. The van der Waals surface area contributed by atoms with Gasteiger partial charge < -0.3 is 15.7 Å². The number of fused-ring (bicyclic) bond motifs is 1. The maximum absolute atomic E-state index is 13.3. The third-order valence-electron chi connectivity index (χ3n) is 5.78. The number of rotatable bonds is 9. The van der Waals surface area contributed by atoms with Gasteiger partial charge in [-0.15, -0.1) is 0 Å². The minimum atomic E-state index is -1.33. The van der Waals surface area contributed by atoms with Crippen molar-refractivity contribution in [1.82, 2.24) is 15.5 Å². The summed E-state index contributed by atoms with van der Waals surface area (Å²) in [5.41, 5.74) is -0.202. The Labute approximate surface area is 193 Å². The molecule has 0 spiro atoms. The van der Waals surface area contributed by atoms with Gasteiger partial charge in [0.15, 0.2) is 0 Å². The molecule has 2 rings (SSSR count). The van der Waals surface area contributed by atoms with Crippen LogP contribution in [0.15, 0.2) is 24.3 Å². The van der Waals surface area contributed by atoms with E-state index in [0.717, 1.165) is 4.90 Å². The average Bonchev–Trinajstić information content (AvgIpc) is 2.97. The first-order valence-electron chi connectivity index (χ1n) is 11.0. The monoisotopic (exact) mass is 459 g/mol. The van der Waals surface area contributed by atoms with Gasteiger partial charge in [-0.05, 0) is 29.9 Å². The van der Waals surface area contributed by atoms with Gasteiger partial charge in [0.2, 0.25) is 11.8 Å². The second-order valence-corrected chi connectivity index (χ2v) is 9.87. The molecule has 0 fully saturated rings. The molecule has 0 radical (unpaired) electrons. The van der Waals surface area contributed by atoms with Crippen molar-refractivity contribution >= 4 is 29.6 Å². The van der Waals surface area contributed by atoms with Gasteiger partial charge >= 0.3 is 5.97 Å². The highest BCUT2D eigenvalue weighted by molar-refractivity contribution is 6.21. The molecule has 1 aliphatic rings. The van der Waals surface area contributed by atoms with Crippen LogP contribution in [-0.4, -0.2) is 59.2 Å². The van der Waals surface area contributed by atoms with E-state index in [4.69, 9.17) is 0 Å². The van der Waals surface area contributed by atoms with E-state index in [9.17, 15) is 29.1 Å². The highest BCUT2D eigenvalue weighted by atomic mass is 16.4. The summed E-state index contributed by atoms with van der Waals surface area (Å²) in [4.78, 5) is 64.4. The minimum Gasteiger partial charge on any atom is -0.481 e. The summed E-state index contributed by atoms with van der Waals surface area (Å²) in [6.45, 7) is 8.63. The summed E-state index contributed by atoms with van der Waals surface area (Å²) < 4.78 is 0. The molecule has 3 N–H and O–H groups in total. The number of aliphatic carboxylic acids is 1. The average molecular weight is 460 g/mol. The Morgan fingerprint density at radius 1 is 0.970 bits per heavy atom. The molecular weight excluding hydrogens is 426 g/mol. The van der Waals surface area contributed by atoms with Crippen LogP contribution in [0.3, 0.4) is 0 Å². The molecule has 4 amide bonds. The first-order valence-corrected chi connectivity index (χ1v) is 11.0. The van der Waals surface area contributed by atoms with Crippen molar-refractivity contribution in [2.75, 3.05) is 13.6 Å². The Balaban J connectivity index is 2.36. The van der Waals surface area contributed by atoms with E-state index in [2.05, 4.69) is 10.6 Å². The fourth-order valence-electron chi connectivity index (χ4n) is 4.01. The fourth-order valence-corrected chi connectivity index (χ4v) is 4.01. The molecular formula is C24H33N3O6. The van der Waals surface area contributed by atoms with E-state index in [1.165, 1.54) is 19.2 Å². The summed E-state index contributed by atoms with van der Waals surface area (Å²) in [6.07, 6.45) is 0.205. The van der Waals surface area contributed by atoms with E-state index in [1.54, 1.807) is 32.9 Å². The molecule has 0 aromatic heterocycles. The Morgan fingerprint density at radius 3 is 1.88 bits per heavy atom. The lowest BCUT2D eigenvalue weighted by Crippen LogP contribution is -2.56. The summed E-state index contributed by atoms with van der Waals surface area (Å²) in [6, 6.07) is 5.39. The van der Waals surface area contributed by atoms with Gasteiger partial charge in [0.25, 0.3) is 11.8 Å². The number of carbonyl (C=O) groups excluding carboxylic acids is 4. The van der Waals surface area contributed by atoms with Crippen LogP contribution < -0.4 is 10.6 Å². The zero-order valence-electron chi connectivity index (χ0n) is 20.0. The van der Waals surface area contributed by atoms with E-state index >= 15 is 0 Å². The largest absolute Gasteiger partial charge is 0.481 e. The van der Waals surface area contributed by atoms with Gasteiger partial charge in [-0.1, -0.05) is 46.8 Å². The summed E-state index contributed by atoms with van der Waals surface area (Å²) in [5.74, 6) is -5.88. The number of nitrogens with zero attached hydrogens (tertiary/aromatic N) is 1. The number of nitrogens with one attached hydrogen (secondary N) is 2. The molecule has 3 unspecified atom stereocenters. The van der Waals surface area contributed by atoms with Gasteiger partial charge in [-0.2, -0.15) is 0 Å². The molecule has 0 saturated carbocycles. The van der Waals surface area contributed by atoms with Crippen molar-refractivity contribution in [2.24, 2.45) is 23.2 Å². The zero-order chi connectivity index (χ0) is 25.1. The van der Waals surface area contributed by atoms with Gasteiger partial charge in [0, 0.05) is 13.6 Å². The predicted octanol–water partition coefficient (Wildman–Crippen LogP) is 1.92. The van der Waals surface area contributed by atoms with Gasteiger partial charge in [-0.3, -0.25) is 28.9 Å². The van der Waals surface area contributed by atoms with Crippen molar-refractivity contribution in [2.45, 2.75) is 47.1 Å². The van der Waals surface area contributed by atoms with Crippen molar-refractivity contribution in [3.05, 3.63) is 35.4 Å². The van der Waals surface area contributed by atoms with E-state index < -0.39 is 59.4 Å². The molecule has 3 atom stereocenters. The molecule has 0 bridgehead atoms. The Hall–Kier alpha value is -3.23. The molecule has 9 nitrogen and oxygen atoms in total. The molecule has 1 aromatic carbocycles. The number of amides is 4. The third kappa shape index (κ3) is 5.77. The van der Waals surface area contributed by atoms with E-state index in [-0.39, 0.29) is 23.5 Å². The van der Waals surface area contributed by atoms with Gasteiger partial charge in [0.1, 0.15) is 6.04 Å². The number of imide groups is 1. The van der Waals surface area contributed by atoms with Crippen LogP contribution in [-0.2, 0) is 14.4 Å². The lowest BCUT2D eigenvalue weighted by Gasteiger charge is -2.33. The van der Waals surface area contributed by atoms with Crippen LogP contribution in [0.4, 0.5) is 0 Å². The van der Waals surface area contributed by atoms with Crippen LogP contribution in [0, 0.1) is 23.2 Å². The van der Waals surface area contributed by atoms with Crippen LogP contribution in [0.1, 0.15) is 61.8 Å². The molecule has 180 valence electrons. The third-order valence-corrected chi connectivity index (χ3v) is 5.78. The predicted molar refractivity (Wildman–Crippen MR) is 121 cm³/mol. The van der Waals surface area contributed by atoms with Crippen molar-refractivity contribution in [3.63, 3.8) is 0 Å². The number of carboxylic acid groups (broad SMARTS) is 1. The molecule has 33 heavy (non-hydrogen) atoms. The number of hydrogen-bond acceptors (Lipinski definition) is 5. The van der Waals surface area contributed by atoms with Gasteiger partial charge in [0.05, 0.1) is 23.0 Å². The highest BCUT2D eigenvalue weighted by Crippen LogP contribution is 2.29. The topological polar surface area (TPSA) is 133 Å². The van der Waals surface area contributed by atoms with Crippen LogP contribution in [0.25, 0.3) is 0 Å². The number of likely N-dealkylation sites (N-methyl/N-ethyl adjacent to an activating group) is 1. The fraction of sp³-hybridized carbons (Fsp3) is 0.542. The molecule has 0 saturated heterocycles. The smallest absolute Gasteiger partial charge is 0.309 e. The quantitative estimate of drug-likeness (QED) is 0.483. The normalized spacial score (nSPS) is 16.3. The molecule has 0 aliphatic carbocycles. The molecule has 1 aromatic rings. The maximum Gasteiger partial charge on any atom is 0.309 e. The lowest BCUT2D eigenvalue weighted by atomic mass is 9.82. The Bertz CT molecular complexity index is 915. The molecule has 1 aliphatic heterocycles. The number of carboxylic acids is 1. The summed E-state index contributed by atoms with van der Waals surface area (Å²) in [5, 5.41) is 15.2. The van der Waals surface area contributed by atoms with Crippen molar-refractivity contribution < 1.29 is 29.1 Å². The zero-order valence-corrected chi connectivity index (χ0v) is 20.0. The number of carbonyl (C=O) groups is 5. The molecule has 9 heteroatoms. The van der Waals surface area contributed by atoms with E-state index in [1.807, 2.05) is 13.8 Å². The van der Waals surface area contributed by atoms with Crippen molar-refractivity contribution in [3.8, 4) is 0 Å². The Kier molecular flexibility index (Phi) is 8.00. The first kappa shape index (κ1) is 26.0. The summed E-state index contributed by atoms with van der Waals surface area (Å²) in [7, 11) is 1.46. The maximum atomic E-state index is 13.3. The summed E-state index contributed by atoms with van der Waals surface area (Å²) >= 11 is 0. The molecule has 1 heterocycles. The second-order valence-electron chi connectivity index (χ2n) is 9.87. The lowest BCUT2D eigenvalue weighted by molar-refractivity contribution is -0.148.